The van der Waals surface area contributed by atoms with Crippen molar-refractivity contribution < 1.29 is 38.2 Å². The molecule has 7 N–H and O–H groups in total. The molecule has 0 unspecified atom stereocenters. The Kier molecular flexibility index (Phi) is 13.0. The van der Waals surface area contributed by atoms with E-state index >= 15 is 0 Å². The van der Waals surface area contributed by atoms with E-state index in [1.165, 1.54) is 11.8 Å². The molecule has 1 aliphatic heterocycles. The molecular weight excluding hydrogens is 586 g/mol. The van der Waals surface area contributed by atoms with Gasteiger partial charge in [-0.1, -0.05) is 0 Å². The van der Waals surface area contributed by atoms with Crippen molar-refractivity contribution in [3.05, 3.63) is 41.5 Å². The van der Waals surface area contributed by atoms with Crippen molar-refractivity contribution in [3.8, 4) is 0 Å². The number of guanidine groups is 1. The number of rotatable bonds is 15. The van der Waals surface area contributed by atoms with Gasteiger partial charge in [0, 0.05) is 69.1 Å². The van der Waals surface area contributed by atoms with E-state index < -0.39 is 24.2 Å². The minimum atomic E-state index is -0.717. The minimum absolute atomic E-state index is 0.123. The van der Waals surface area contributed by atoms with E-state index in [0.29, 0.717) is 49.2 Å². The fourth-order valence-electron chi connectivity index (χ4n) is 4.82. The molecule has 1 saturated heterocycles. The lowest BCUT2D eigenvalue weighted by Gasteiger charge is -2.35. The number of esters is 1. The van der Waals surface area contributed by atoms with Crippen molar-refractivity contribution >= 4 is 47.2 Å². The highest BCUT2D eigenvalue weighted by Crippen LogP contribution is 2.25. The van der Waals surface area contributed by atoms with Crippen molar-refractivity contribution in [2.75, 3.05) is 31.6 Å². The lowest BCUT2D eigenvalue weighted by Crippen LogP contribution is -2.53. The predicted octanol–water partition coefficient (Wildman–Crippen LogP) is 0.0993. The number of imide groups is 1. The van der Waals surface area contributed by atoms with Gasteiger partial charge in [0.05, 0.1) is 24.8 Å². The first kappa shape index (κ1) is 34.7. The van der Waals surface area contributed by atoms with Crippen LogP contribution < -0.4 is 27.4 Å². The van der Waals surface area contributed by atoms with Crippen molar-refractivity contribution in [1.82, 2.24) is 15.5 Å². The van der Waals surface area contributed by atoms with Crippen LogP contribution in [-0.4, -0.2) is 90.9 Å². The number of hydrogen-bond acceptors (Lipinski definition) is 9. The average Bonchev–Trinajstić information content (AvgIpc) is 2.97. The van der Waals surface area contributed by atoms with E-state index in [-0.39, 0.29) is 68.0 Å². The van der Waals surface area contributed by atoms with Gasteiger partial charge in [0.1, 0.15) is 0 Å². The maximum atomic E-state index is 12.4. The number of β-lactam (4-membered cyclic amide) rings is 1. The van der Waals surface area contributed by atoms with Gasteiger partial charge in [-0.25, -0.2) is 9.79 Å². The van der Waals surface area contributed by atoms with Crippen LogP contribution in [0.3, 0.4) is 0 Å². The summed E-state index contributed by atoms with van der Waals surface area (Å²) in [5.41, 5.74) is 12.4. The van der Waals surface area contributed by atoms with E-state index in [1.807, 2.05) is 0 Å². The minimum Gasteiger partial charge on any atom is -0.463 e. The lowest BCUT2D eigenvalue weighted by molar-refractivity contribution is -0.139. The number of nitrogens with one attached hydrogen (secondary N) is 3. The zero-order chi connectivity index (χ0) is 32.9. The normalized spacial score (nSPS) is 19.0. The van der Waals surface area contributed by atoms with Crippen LogP contribution in [0, 0.1) is 0 Å². The zero-order valence-electron chi connectivity index (χ0n) is 25.5. The highest BCUT2D eigenvalue weighted by molar-refractivity contribution is 6.07. The molecule has 244 valence electrons. The topological polar surface area (TPSA) is 225 Å². The molecule has 3 rings (SSSR count). The fourth-order valence-corrected chi connectivity index (χ4v) is 4.82. The second-order valence-electron chi connectivity index (χ2n) is 10.6. The van der Waals surface area contributed by atoms with E-state index in [4.69, 9.17) is 20.9 Å². The fraction of sp³-hybridized carbons (Fsp3) is 0.500. The molecule has 15 nitrogen and oxygen atoms in total. The number of amides is 5. The van der Waals surface area contributed by atoms with Crippen LogP contribution >= 0.6 is 0 Å². The van der Waals surface area contributed by atoms with Gasteiger partial charge in [0.25, 0.3) is 5.91 Å². The van der Waals surface area contributed by atoms with E-state index in [9.17, 15) is 28.8 Å². The molecule has 1 heterocycles. The number of carbonyl (C=O) groups is 6. The van der Waals surface area contributed by atoms with E-state index in [2.05, 4.69) is 20.9 Å². The maximum absolute atomic E-state index is 12.4. The van der Waals surface area contributed by atoms with Gasteiger partial charge in [-0.15, -0.1) is 0 Å². The first-order valence-electron chi connectivity index (χ1n) is 14.8. The summed E-state index contributed by atoms with van der Waals surface area (Å²) in [7, 11) is 0. The Labute approximate surface area is 261 Å². The zero-order valence-corrected chi connectivity index (χ0v) is 25.5. The summed E-state index contributed by atoms with van der Waals surface area (Å²) < 4.78 is 11.1. The third-order valence-electron chi connectivity index (χ3n) is 7.06. The number of benzene rings is 1. The van der Waals surface area contributed by atoms with Crippen LogP contribution in [0.2, 0.25) is 0 Å². The van der Waals surface area contributed by atoms with E-state index in [1.54, 1.807) is 37.3 Å². The van der Waals surface area contributed by atoms with Gasteiger partial charge in [-0.05, 0) is 50.1 Å². The molecule has 2 aliphatic rings. The molecule has 3 atom stereocenters. The van der Waals surface area contributed by atoms with Crippen molar-refractivity contribution in [1.29, 1.82) is 0 Å². The Morgan fingerprint density at radius 1 is 1.04 bits per heavy atom. The van der Waals surface area contributed by atoms with Gasteiger partial charge < -0.3 is 36.9 Å². The van der Waals surface area contributed by atoms with Crippen LogP contribution in [-0.2, 0) is 33.4 Å². The van der Waals surface area contributed by atoms with Crippen LogP contribution in [0.15, 0.2) is 40.9 Å². The van der Waals surface area contributed by atoms with Gasteiger partial charge in [0.2, 0.25) is 23.6 Å². The number of nitrogens with two attached hydrogens (primary N) is 2. The molecule has 1 aliphatic carbocycles. The first-order valence-corrected chi connectivity index (χ1v) is 14.8. The molecular formula is C30H41N7O8. The molecule has 1 fully saturated rings. The Hall–Kier alpha value is -4.79. The third kappa shape index (κ3) is 10.7. The van der Waals surface area contributed by atoms with Crippen LogP contribution in [0.5, 0.6) is 0 Å². The third-order valence-corrected chi connectivity index (χ3v) is 7.06. The molecule has 0 spiro atoms. The van der Waals surface area contributed by atoms with Crippen molar-refractivity contribution in [2.24, 2.45) is 16.5 Å². The van der Waals surface area contributed by atoms with Crippen molar-refractivity contribution in [3.63, 3.8) is 0 Å². The Balaban J connectivity index is 1.39. The quantitative estimate of drug-likeness (QED) is 0.0440. The number of nitrogens with zero attached hydrogens (tertiary/aromatic N) is 2. The molecule has 0 radical (unpaired) electrons. The molecule has 5 amide bonds. The SMILES string of the molecule is CCOC(=O)C1=C[C@@H](OCCCNC(=O)CCCC(=O)Nc2ccc(C(=O)N3CCC3=O)cc2)[C@H](NC(C)=O)[C@@H](N=C(N)N)C1. The lowest BCUT2D eigenvalue weighted by atomic mass is 9.88. The summed E-state index contributed by atoms with van der Waals surface area (Å²) >= 11 is 0. The van der Waals surface area contributed by atoms with Crippen LogP contribution in [0.25, 0.3) is 0 Å². The van der Waals surface area contributed by atoms with E-state index in [0.717, 1.165) is 0 Å². The summed E-state index contributed by atoms with van der Waals surface area (Å²) in [5.74, 6) is -2.09. The number of ether oxygens (including phenoxy) is 2. The van der Waals surface area contributed by atoms with Crippen LogP contribution in [0.4, 0.5) is 5.69 Å². The average molecular weight is 628 g/mol. The second kappa shape index (κ2) is 16.9. The molecule has 0 saturated carbocycles. The summed E-state index contributed by atoms with van der Waals surface area (Å²) in [4.78, 5) is 77.9. The number of anilines is 1. The van der Waals surface area contributed by atoms with Gasteiger partial charge in [0.15, 0.2) is 5.96 Å². The summed E-state index contributed by atoms with van der Waals surface area (Å²) in [6.45, 7) is 4.16. The van der Waals surface area contributed by atoms with Gasteiger partial charge in [-0.2, -0.15) is 0 Å². The second-order valence-corrected chi connectivity index (χ2v) is 10.6. The number of carbonyl (C=O) groups excluding carboxylic acids is 6. The maximum Gasteiger partial charge on any atom is 0.333 e. The Morgan fingerprint density at radius 3 is 2.36 bits per heavy atom. The van der Waals surface area contributed by atoms with Gasteiger partial charge >= 0.3 is 5.97 Å². The monoisotopic (exact) mass is 627 g/mol. The number of aliphatic imine (C=N–C) groups is 1. The number of hydrogen-bond donors (Lipinski definition) is 5. The largest absolute Gasteiger partial charge is 0.463 e. The molecule has 0 aromatic heterocycles. The summed E-state index contributed by atoms with van der Waals surface area (Å²) in [5, 5.41) is 8.30. The summed E-state index contributed by atoms with van der Waals surface area (Å²) in [6.07, 6.45) is 2.45. The Morgan fingerprint density at radius 2 is 1.76 bits per heavy atom. The highest BCUT2D eigenvalue weighted by Gasteiger charge is 2.37. The predicted molar refractivity (Wildman–Crippen MR) is 163 cm³/mol. The molecule has 1 aromatic carbocycles. The smallest absolute Gasteiger partial charge is 0.333 e. The standard InChI is InChI=1S/C30H41N7O8/c1-3-44-29(43)20-16-22(36-30(31)32)27(34-18(2)38)23(17-20)45-15-5-13-33-24(39)6-4-7-25(40)35-21-10-8-19(9-11-21)28(42)37-14-12-26(37)41/h8-11,17,22-23,27H,3-7,12-16H2,1-2H3,(H,33,39)(H,34,38)(H,35,40)(H4,31,32,36)/t22-,23+,27+/m0/s1. The molecule has 15 heteroatoms. The first-order chi connectivity index (χ1) is 21.5. The van der Waals surface area contributed by atoms with Gasteiger partial charge in [-0.3, -0.25) is 28.9 Å². The summed E-state index contributed by atoms with van der Waals surface area (Å²) in [6, 6.07) is 5.00. The molecule has 45 heavy (non-hydrogen) atoms. The molecule has 0 bridgehead atoms. The number of likely N-dealkylation sites (tertiary alicyclic amines) is 1. The van der Waals surface area contributed by atoms with Crippen LogP contribution in [0.1, 0.15) is 62.7 Å². The van der Waals surface area contributed by atoms with Crippen molar-refractivity contribution in [2.45, 2.75) is 70.6 Å². The molecule has 1 aromatic rings. The Bertz CT molecular complexity index is 1320. The highest BCUT2D eigenvalue weighted by atomic mass is 16.5.